The number of carbonyl (C=O) groups is 1. The van der Waals surface area contributed by atoms with Gasteiger partial charge >= 0.3 is 6.09 Å². The van der Waals surface area contributed by atoms with E-state index in [0.29, 0.717) is 5.76 Å². The highest BCUT2D eigenvalue weighted by Crippen LogP contribution is 2.38. The number of allylic oxidation sites excluding steroid dienone is 5. The Morgan fingerprint density at radius 2 is 1.95 bits per heavy atom. The molecular weight excluding hydrogens is 238 g/mol. The zero-order valence-electron chi connectivity index (χ0n) is 12.8. The van der Waals surface area contributed by atoms with Gasteiger partial charge in [0.2, 0.25) is 0 Å². The molecule has 1 aliphatic rings. The number of nitrogens with one attached hydrogen (secondary N) is 1. The summed E-state index contributed by atoms with van der Waals surface area (Å²) in [6, 6.07) is 0. The quantitative estimate of drug-likeness (QED) is 0.759. The third-order valence-electron chi connectivity index (χ3n) is 3.77. The van der Waals surface area contributed by atoms with Gasteiger partial charge in [0.1, 0.15) is 5.76 Å². The summed E-state index contributed by atoms with van der Waals surface area (Å²) in [5, 5.41) is 2.47. The molecule has 0 spiro atoms. The Labute approximate surface area is 116 Å². The minimum absolute atomic E-state index is 0.00281. The molecule has 1 rings (SSSR count). The van der Waals surface area contributed by atoms with E-state index in [1.165, 1.54) is 5.57 Å². The molecule has 0 saturated heterocycles. The first kappa shape index (κ1) is 15.5. The van der Waals surface area contributed by atoms with Crippen LogP contribution in [0.25, 0.3) is 0 Å². The van der Waals surface area contributed by atoms with E-state index in [4.69, 9.17) is 4.74 Å². The molecule has 1 aliphatic carbocycles. The van der Waals surface area contributed by atoms with Crippen molar-refractivity contribution in [1.82, 2.24) is 5.32 Å². The highest BCUT2D eigenvalue weighted by Gasteiger charge is 2.26. The zero-order valence-corrected chi connectivity index (χ0v) is 12.8. The van der Waals surface area contributed by atoms with E-state index in [-0.39, 0.29) is 10.8 Å². The Kier molecular flexibility index (Phi) is 4.61. The van der Waals surface area contributed by atoms with Crippen molar-refractivity contribution < 1.29 is 9.53 Å². The van der Waals surface area contributed by atoms with Crippen molar-refractivity contribution in [2.24, 2.45) is 10.8 Å². The van der Waals surface area contributed by atoms with E-state index in [9.17, 15) is 4.79 Å². The van der Waals surface area contributed by atoms with Crippen molar-refractivity contribution >= 4 is 6.09 Å². The lowest BCUT2D eigenvalue weighted by Crippen LogP contribution is -2.22. The van der Waals surface area contributed by atoms with E-state index in [1.807, 2.05) is 12.2 Å². The van der Waals surface area contributed by atoms with E-state index in [1.54, 1.807) is 7.05 Å². The Morgan fingerprint density at radius 1 is 1.32 bits per heavy atom. The summed E-state index contributed by atoms with van der Waals surface area (Å²) in [6.07, 6.45) is 8.80. The van der Waals surface area contributed by atoms with E-state index < -0.39 is 6.09 Å². The molecule has 0 fully saturated rings. The van der Waals surface area contributed by atoms with Gasteiger partial charge in [0.05, 0.1) is 0 Å². The fourth-order valence-corrected chi connectivity index (χ4v) is 2.20. The van der Waals surface area contributed by atoms with Crippen LogP contribution in [0.2, 0.25) is 0 Å². The first-order valence-corrected chi connectivity index (χ1v) is 6.74. The SMILES string of the molecule is CCC1(C)C=CC(OC(=O)NC)=CC(C)(C)C=C1C. The van der Waals surface area contributed by atoms with Crippen LogP contribution in [0.15, 0.2) is 35.6 Å². The number of hydrogen-bond donors (Lipinski definition) is 1. The van der Waals surface area contributed by atoms with Crippen LogP contribution in [0.5, 0.6) is 0 Å². The second-order valence-electron chi connectivity index (χ2n) is 5.94. The average Bonchev–Trinajstić information content (AvgIpc) is 2.33. The van der Waals surface area contributed by atoms with Crippen molar-refractivity contribution in [3.05, 3.63) is 35.6 Å². The molecular formula is C16H25NO2. The summed E-state index contributed by atoms with van der Waals surface area (Å²) in [7, 11) is 1.56. The lowest BCUT2D eigenvalue weighted by Gasteiger charge is -2.31. The maximum atomic E-state index is 11.4. The predicted octanol–water partition coefficient (Wildman–Crippen LogP) is 4.18. The lowest BCUT2D eigenvalue weighted by atomic mass is 9.75. The molecule has 0 aliphatic heterocycles. The van der Waals surface area contributed by atoms with Crippen LogP contribution in [-0.4, -0.2) is 13.1 Å². The minimum Gasteiger partial charge on any atom is -0.411 e. The van der Waals surface area contributed by atoms with Gasteiger partial charge in [-0.3, -0.25) is 0 Å². The van der Waals surface area contributed by atoms with Crippen LogP contribution >= 0.6 is 0 Å². The number of carbonyl (C=O) groups excluding carboxylic acids is 1. The molecule has 1 amide bonds. The summed E-state index contributed by atoms with van der Waals surface area (Å²) in [4.78, 5) is 11.4. The summed E-state index contributed by atoms with van der Waals surface area (Å²) in [6.45, 7) is 10.7. The van der Waals surface area contributed by atoms with E-state index in [0.717, 1.165) is 6.42 Å². The molecule has 0 aromatic rings. The van der Waals surface area contributed by atoms with Gasteiger partial charge in [-0.15, -0.1) is 0 Å². The Balaban J connectivity index is 3.20. The van der Waals surface area contributed by atoms with Gasteiger partial charge in [0.25, 0.3) is 0 Å². The number of rotatable bonds is 2. The average molecular weight is 263 g/mol. The molecule has 0 aromatic carbocycles. The van der Waals surface area contributed by atoms with Crippen LogP contribution in [0, 0.1) is 10.8 Å². The normalized spacial score (nSPS) is 25.8. The molecule has 106 valence electrons. The maximum Gasteiger partial charge on any atom is 0.412 e. The number of amides is 1. The summed E-state index contributed by atoms with van der Waals surface area (Å²) in [5.41, 5.74) is 1.20. The fraction of sp³-hybridized carbons (Fsp3) is 0.562. The van der Waals surface area contributed by atoms with Gasteiger partial charge in [-0.25, -0.2) is 4.79 Å². The fourth-order valence-electron chi connectivity index (χ4n) is 2.20. The molecule has 1 N–H and O–H groups in total. The van der Waals surface area contributed by atoms with Crippen molar-refractivity contribution in [2.75, 3.05) is 7.05 Å². The highest BCUT2D eigenvalue weighted by molar-refractivity contribution is 5.68. The molecule has 0 radical (unpaired) electrons. The van der Waals surface area contributed by atoms with Crippen LogP contribution in [0.4, 0.5) is 4.79 Å². The number of alkyl carbamates (subject to hydrolysis) is 1. The molecule has 19 heavy (non-hydrogen) atoms. The third-order valence-corrected chi connectivity index (χ3v) is 3.77. The van der Waals surface area contributed by atoms with Crippen LogP contribution in [0.3, 0.4) is 0 Å². The van der Waals surface area contributed by atoms with Crippen LogP contribution < -0.4 is 5.32 Å². The summed E-state index contributed by atoms with van der Waals surface area (Å²) in [5.74, 6) is 0.591. The molecule has 3 nitrogen and oxygen atoms in total. The van der Waals surface area contributed by atoms with E-state index >= 15 is 0 Å². The lowest BCUT2D eigenvalue weighted by molar-refractivity contribution is 0.180. The van der Waals surface area contributed by atoms with Crippen molar-refractivity contribution in [1.29, 1.82) is 0 Å². The largest absolute Gasteiger partial charge is 0.412 e. The highest BCUT2D eigenvalue weighted by atomic mass is 16.6. The number of hydrogen-bond acceptors (Lipinski definition) is 2. The standard InChI is InChI=1S/C16H25NO2/c1-7-16(5)9-8-13(19-14(18)17-6)11-15(3,4)10-12(16)2/h8-11H,7H2,1-6H3,(H,17,18). The first-order chi connectivity index (χ1) is 8.72. The molecule has 0 aromatic heterocycles. The third kappa shape index (κ3) is 3.98. The molecule has 0 bridgehead atoms. The monoisotopic (exact) mass is 263 g/mol. The smallest absolute Gasteiger partial charge is 0.411 e. The van der Waals surface area contributed by atoms with Gasteiger partial charge in [-0.2, -0.15) is 0 Å². The molecule has 0 saturated carbocycles. The van der Waals surface area contributed by atoms with Gasteiger partial charge < -0.3 is 10.1 Å². The molecule has 1 atom stereocenters. The molecule has 1 unspecified atom stereocenters. The maximum absolute atomic E-state index is 11.4. The Morgan fingerprint density at radius 3 is 2.47 bits per heavy atom. The summed E-state index contributed by atoms with van der Waals surface area (Å²) >= 11 is 0. The van der Waals surface area contributed by atoms with Gasteiger partial charge in [0, 0.05) is 17.9 Å². The Bertz CT molecular complexity index is 444. The van der Waals surface area contributed by atoms with Crippen molar-refractivity contribution in [2.45, 2.75) is 41.0 Å². The molecule has 3 heteroatoms. The topological polar surface area (TPSA) is 38.3 Å². The minimum atomic E-state index is -0.439. The van der Waals surface area contributed by atoms with Gasteiger partial charge in [-0.1, -0.05) is 45.4 Å². The van der Waals surface area contributed by atoms with Gasteiger partial charge in [-0.05, 0) is 25.5 Å². The zero-order chi connectivity index (χ0) is 14.7. The van der Waals surface area contributed by atoms with Gasteiger partial charge in [0.15, 0.2) is 0 Å². The number of ether oxygens (including phenoxy) is 1. The Hall–Kier alpha value is -1.51. The molecule has 0 heterocycles. The van der Waals surface area contributed by atoms with Crippen LogP contribution in [-0.2, 0) is 4.74 Å². The summed E-state index contributed by atoms with van der Waals surface area (Å²) < 4.78 is 5.28. The van der Waals surface area contributed by atoms with E-state index in [2.05, 4.69) is 52.1 Å². The second kappa shape index (κ2) is 5.64. The van der Waals surface area contributed by atoms with Crippen molar-refractivity contribution in [3.8, 4) is 0 Å². The first-order valence-electron chi connectivity index (χ1n) is 6.74. The second-order valence-corrected chi connectivity index (χ2v) is 5.94. The van der Waals surface area contributed by atoms with Crippen LogP contribution in [0.1, 0.15) is 41.0 Å². The van der Waals surface area contributed by atoms with Crippen molar-refractivity contribution in [3.63, 3.8) is 0 Å². The predicted molar refractivity (Wildman–Crippen MR) is 78.7 cm³/mol.